The van der Waals surface area contributed by atoms with E-state index >= 15 is 0 Å². The second-order valence-corrected chi connectivity index (χ2v) is 15.4. The molecule has 15 heteroatoms. The maximum Gasteiger partial charge on any atom is 0.266 e. The summed E-state index contributed by atoms with van der Waals surface area (Å²) in [6.07, 6.45) is 0. The molecule has 296 valence electrons. The van der Waals surface area contributed by atoms with Gasteiger partial charge in [-0.15, -0.1) is 0 Å². The van der Waals surface area contributed by atoms with Crippen molar-refractivity contribution in [2.45, 2.75) is 9.79 Å². The van der Waals surface area contributed by atoms with Gasteiger partial charge in [0, 0.05) is 35.6 Å². The van der Waals surface area contributed by atoms with E-state index in [0.29, 0.717) is 22.5 Å². The average Bonchev–Trinajstić information content (AvgIpc) is 3.65. The number of rotatable bonds is 10. The van der Waals surface area contributed by atoms with Crippen molar-refractivity contribution in [3.63, 3.8) is 0 Å². The SMILES string of the molecule is COc1cc(S(=O)(=O)c2cc(OC)c(N3C(=O)c4ccc(-c5ccc(N)cc5)cc4C3=O)c(OC)c2)c(OC)cc1N1C(=O)c2ccc(-c3ccc(N)cc3)cc2C1=O. The minimum atomic E-state index is -4.56. The number of nitrogen functional groups attached to an aromatic ring is 2. The van der Waals surface area contributed by atoms with Gasteiger partial charge < -0.3 is 30.4 Å². The van der Waals surface area contributed by atoms with E-state index in [9.17, 15) is 27.6 Å². The lowest BCUT2D eigenvalue weighted by Gasteiger charge is -2.22. The Kier molecular flexibility index (Phi) is 9.32. The van der Waals surface area contributed by atoms with Crippen LogP contribution < -0.4 is 40.2 Å². The molecule has 0 unspecified atom stereocenters. The third-order valence-corrected chi connectivity index (χ3v) is 12.0. The number of carbonyl (C=O) groups is 4. The third-order valence-electron chi connectivity index (χ3n) is 10.2. The number of nitrogens with two attached hydrogens (primary N) is 2. The Hall–Kier alpha value is -7.65. The molecule has 14 nitrogen and oxygen atoms in total. The van der Waals surface area contributed by atoms with Crippen LogP contribution in [0.2, 0.25) is 0 Å². The van der Waals surface area contributed by atoms with Crippen molar-refractivity contribution in [3.8, 4) is 45.3 Å². The minimum Gasteiger partial charge on any atom is -0.495 e. The quantitative estimate of drug-likeness (QED) is 0.111. The fourth-order valence-corrected chi connectivity index (χ4v) is 8.67. The largest absolute Gasteiger partial charge is 0.495 e. The predicted octanol–water partition coefficient (Wildman–Crippen LogP) is 6.65. The summed E-state index contributed by atoms with van der Waals surface area (Å²) in [6, 6.07) is 28.5. The van der Waals surface area contributed by atoms with E-state index in [-0.39, 0.29) is 61.5 Å². The van der Waals surface area contributed by atoms with Gasteiger partial charge in [0.2, 0.25) is 9.84 Å². The highest BCUT2D eigenvalue weighted by atomic mass is 32.2. The number of hydrogen-bond donors (Lipinski definition) is 2. The smallest absolute Gasteiger partial charge is 0.266 e. The van der Waals surface area contributed by atoms with E-state index < -0.39 is 38.4 Å². The number of carbonyl (C=O) groups excluding carboxylic acids is 4. The molecule has 59 heavy (non-hydrogen) atoms. The predicted molar refractivity (Wildman–Crippen MR) is 219 cm³/mol. The maximum atomic E-state index is 14.5. The van der Waals surface area contributed by atoms with Crippen LogP contribution in [0.1, 0.15) is 41.4 Å². The van der Waals surface area contributed by atoms with E-state index in [1.807, 2.05) is 0 Å². The van der Waals surface area contributed by atoms with Gasteiger partial charge in [0.25, 0.3) is 23.6 Å². The van der Waals surface area contributed by atoms with Crippen LogP contribution in [-0.2, 0) is 9.84 Å². The lowest BCUT2D eigenvalue weighted by atomic mass is 10.00. The fraction of sp³-hybridized carbons (Fsp3) is 0.0909. The number of hydrogen-bond acceptors (Lipinski definition) is 12. The van der Waals surface area contributed by atoms with Crippen molar-refractivity contribution < 1.29 is 46.5 Å². The zero-order valence-electron chi connectivity index (χ0n) is 31.9. The molecular formula is C44H34N4O10S. The van der Waals surface area contributed by atoms with Crippen molar-refractivity contribution in [1.82, 2.24) is 0 Å². The van der Waals surface area contributed by atoms with Gasteiger partial charge >= 0.3 is 0 Å². The molecule has 0 radical (unpaired) electrons. The summed E-state index contributed by atoms with van der Waals surface area (Å²) in [5.74, 6) is -3.32. The zero-order valence-corrected chi connectivity index (χ0v) is 32.7. The summed E-state index contributed by atoms with van der Waals surface area (Å²) >= 11 is 0. The summed E-state index contributed by atoms with van der Waals surface area (Å²) in [7, 11) is 0.448. The molecule has 2 aliphatic heterocycles. The highest BCUT2D eigenvalue weighted by Crippen LogP contribution is 2.47. The van der Waals surface area contributed by atoms with Gasteiger partial charge in [0.05, 0.1) is 61.3 Å². The van der Waals surface area contributed by atoms with Crippen LogP contribution in [0.5, 0.6) is 23.0 Å². The molecule has 2 heterocycles. The Morgan fingerprint density at radius 1 is 0.441 bits per heavy atom. The first kappa shape index (κ1) is 38.2. The van der Waals surface area contributed by atoms with Gasteiger partial charge in [-0.05, 0) is 70.8 Å². The Morgan fingerprint density at radius 2 is 0.847 bits per heavy atom. The molecule has 6 aromatic carbocycles. The summed E-state index contributed by atoms with van der Waals surface area (Å²) in [4.78, 5) is 56.5. The van der Waals surface area contributed by atoms with Crippen molar-refractivity contribution in [2.75, 3.05) is 49.7 Å². The molecule has 6 aromatic rings. The summed E-state index contributed by atoms with van der Waals surface area (Å²) in [5.41, 5.74) is 16.1. The van der Waals surface area contributed by atoms with E-state index in [0.717, 1.165) is 39.1 Å². The van der Waals surface area contributed by atoms with Crippen LogP contribution in [-0.4, -0.2) is 60.5 Å². The highest BCUT2D eigenvalue weighted by molar-refractivity contribution is 7.91. The molecule has 4 amide bonds. The number of sulfone groups is 1. The summed E-state index contributed by atoms with van der Waals surface area (Å²) < 4.78 is 51.4. The van der Waals surface area contributed by atoms with Crippen LogP contribution in [0.4, 0.5) is 22.7 Å². The minimum absolute atomic E-state index is 0.0563. The normalized spacial score (nSPS) is 13.4. The number of methoxy groups -OCH3 is 4. The van der Waals surface area contributed by atoms with Crippen LogP contribution in [0.25, 0.3) is 22.3 Å². The highest BCUT2D eigenvalue weighted by Gasteiger charge is 2.42. The van der Waals surface area contributed by atoms with Crippen molar-refractivity contribution >= 4 is 56.2 Å². The molecule has 0 aromatic heterocycles. The number of ether oxygens (including phenoxy) is 4. The van der Waals surface area contributed by atoms with E-state index in [2.05, 4.69) is 0 Å². The van der Waals surface area contributed by atoms with Crippen LogP contribution >= 0.6 is 0 Å². The number of amides is 4. The molecule has 0 fully saturated rings. The standard InChI is InChI=1S/C44H34N4O10S/c1-55-35-22-39(36(56-2)21-34(35)47-41(49)30-15-9-25(17-32(30)43(47)51)23-5-11-27(45)12-6-23)59(53,54)29-19-37(57-3)40(38(20-29)58-4)48-42(50)31-16-10-26(18-33(31)44(48)52)24-7-13-28(46)14-8-24/h5-22H,45-46H2,1-4H3. The Balaban J connectivity index is 1.16. The topological polar surface area (TPSA) is 198 Å². The van der Waals surface area contributed by atoms with Crippen LogP contribution in [0.3, 0.4) is 0 Å². The molecular weight excluding hydrogens is 777 g/mol. The molecule has 8 rings (SSSR count). The molecule has 2 aliphatic rings. The van der Waals surface area contributed by atoms with Gasteiger partial charge in [-0.2, -0.15) is 0 Å². The Morgan fingerprint density at radius 3 is 1.31 bits per heavy atom. The van der Waals surface area contributed by atoms with E-state index in [4.69, 9.17) is 30.4 Å². The summed E-state index contributed by atoms with van der Waals surface area (Å²) in [6.45, 7) is 0. The lowest BCUT2D eigenvalue weighted by molar-refractivity contribution is 0.0909. The molecule has 0 saturated carbocycles. The second-order valence-electron chi connectivity index (χ2n) is 13.5. The first-order valence-electron chi connectivity index (χ1n) is 17.9. The number of fused-ring (bicyclic) bond motifs is 2. The molecule has 0 saturated heterocycles. The first-order valence-corrected chi connectivity index (χ1v) is 19.3. The van der Waals surface area contributed by atoms with Crippen LogP contribution in [0.15, 0.2) is 119 Å². The number of benzene rings is 6. The molecule has 0 aliphatic carbocycles. The van der Waals surface area contributed by atoms with Gasteiger partial charge in [0.1, 0.15) is 33.6 Å². The monoisotopic (exact) mass is 810 g/mol. The van der Waals surface area contributed by atoms with Gasteiger partial charge in [0.15, 0.2) is 0 Å². The molecule has 0 spiro atoms. The van der Waals surface area contributed by atoms with E-state index in [1.54, 1.807) is 84.9 Å². The molecule has 0 atom stereocenters. The summed E-state index contributed by atoms with van der Waals surface area (Å²) in [5, 5.41) is 0. The molecule has 4 N–H and O–H groups in total. The maximum absolute atomic E-state index is 14.5. The van der Waals surface area contributed by atoms with Crippen molar-refractivity contribution in [2.24, 2.45) is 0 Å². The van der Waals surface area contributed by atoms with Crippen molar-refractivity contribution in [1.29, 1.82) is 0 Å². The Labute approximate surface area is 338 Å². The fourth-order valence-electron chi connectivity index (χ4n) is 7.22. The molecule has 0 bridgehead atoms. The van der Waals surface area contributed by atoms with Crippen molar-refractivity contribution in [3.05, 3.63) is 131 Å². The first-order chi connectivity index (χ1) is 28.3. The third kappa shape index (κ3) is 6.15. The van der Waals surface area contributed by atoms with Gasteiger partial charge in [-0.3, -0.25) is 19.2 Å². The van der Waals surface area contributed by atoms with E-state index in [1.165, 1.54) is 34.5 Å². The number of nitrogens with zero attached hydrogens (tertiary/aromatic N) is 2. The van der Waals surface area contributed by atoms with Gasteiger partial charge in [-0.1, -0.05) is 36.4 Å². The average molecular weight is 811 g/mol. The Bertz CT molecular complexity index is 2870. The number of imide groups is 2. The van der Waals surface area contributed by atoms with Crippen LogP contribution in [0, 0.1) is 0 Å². The lowest BCUT2D eigenvalue weighted by Crippen LogP contribution is -2.30. The number of anilines is 4. The van der Waals surface area contributed by atoms with Gasteiger partial charge in [-0.25, -0.2) is 18.2 Å². The second kappa shape index (κ2) is 14.4. The zero-order chi connectivity index (χ0) is 41.9.